The second-order valence-corrected chi connectivity index (χ2v) is 2.64. The van der Waals surface area contributed by atoms with Gasteiger partial charge in [0.2, 0.25) is 5.89 Å². The molecule has 0 unspecified atom stereocenters. The van der Waals surface area contributed by atoms with Crippen LogP contribution in [0.15, 0.2) is 27.5 Å². The molecule has 2 aromatic heterocycles. The molecule has 2 aromatic rings. The van der Waals surface area contributed by atoms with Crippen molar-refractivity contribution in [2.45, 2.75) is 6.54 Å². The molecule has 0 aliphatic heterocycles. The zero-order valence-electron chi connectivity index (χ0n) is 7.23. The average Bonchev–Trinajstić information content (AvgIpc) is 2.66. The Hall–Kier alpha value is -1.95. The third-order valence-electron chi connectivity index (χ3n) is 1.64. The second-order valence-electron chi connectivity index (χ2n) is 2.64. The summed E-state index contributed by atoms with van der Waals surface area (Å²) in [5.41, 5.74) is 5.67. The van der Waals surface area contributed by atoms with Gasteiger partial charge < -0.3 is 15.1 Å². The van der Waals surface area contributed by atoms with Gasteiger partial charge in [0.15, 0.2) is 5.43 Å². The maximum atomic E-state index is 11.0. The fourth-order valence-corrected chi connectivity index (χ4v) is 1.01. The van der Waals surface area contributed by atoms with E-state index >= 15 is 0 Å². The first-order valence-electron chi connectivity index (χ1n) is 4.01. The molecule has 2 rings (SSSR count). The highest BCUT2D eigenvalue weighted by atomic mass is 16.4. The molecule has 0 aromatic carbocycles. The predicted octanol–water partition coefficient (Wildman–Crippen LogP) is -0.116. The van der Waals surface area contributed by atoms with Gasteiger partial charge >= 0.3 is 0 Å². The molecule has 0 bridgehead atoms. The van der Waals surface area contributed by atoms with E-state index in [4.69, 9.17) is 10.2 Å². The maximum absolute atomic E-state index is 11.0. The zero-order valence-corrected chi connectivity index (χ0v) is 7.23. The molecule has 0 saturated heterocycles. The van der Waals surface area contributed by atoms with E-state index in [9.17, 15) is 4.79 Å². The summed E-state index contributed by atoms with van der Waals surface area (Å²) >= 11 is 0. The highest BCUT2D eigenvalue weighted by Crippen LogP contribution is 2.11. The first-order valence-corrected chi connectivity index (χ1v) is 4.01. The fourth-order valence-electron chi connectivity index (χ4n) is 1.01. The number of H-pyrrole nitrogens is 1. The van der Waals surface area contributed by atoms with Crippen LogP contribution in [0.4, 0.5) is 0 Å². The van der Waals surface area contributed by atoms with Crippen LogP contribution in [-0.4, -0.2) is 15.2 Å². The first-order chi connectivity index (χ1) is 6.79. The van der Waals surface area contributed by atoms with Gasteiger partial charge in [-0.15, -0.1) is 10.2 Å². The molecule has 0 amide bonds. The number of rotatable bonds is 2. The molecular weight excluding hydrogens is 184 g/mol. The van der Waals surface area contributed by atoms with E-state index in [1.54, 1.807) is 0 Å². The fraction of sp³-hybridized carbons (Fsp3) is 0.125. The Bertz CT molecular complexity index is 488. The van der Waals surface area contributed by atoms with Crippen molar-refractivity contribution in [1.82, 2.24) is 15.2 Å². The number of hydrogen-bond donors (Lipinski definition) is 2. The average molecular weight is 192 g/mol. The molecule has 72 valence electrons. The van der Waals surface area contributed by atoms with Gasteiger partial charge in [0.05, 0.1) is 6.54 Å². The third kappa shape index (κ3) is 1.55. The highest BCUT2D eigenvalue weighted by Gasteiger charge is 2.07. The summed E-state index contributed by atoms with van der Waals surface area (Å²) in [6.07, 6.45) is 1.52. The van der Waals surface area contributed by atoms with Gasteiger partial charge in [0, 0.05) is 18.3 Å². The Balaban J connectivity index is 2.44. The highest BCUT2D eigenvalue weighted by molar-refractivity contribution is 5.44. The van der Waals surface area contributed by atoms with E-state index in [0.29, 0.717) is 11.6 Å². The van der Waals surface area contributed by atoms with Gasteiger partial charge in [0.25, 0.3) is 5.89 Å². The topological polar surface area (TPSA) is 97.8 Å². The van der Waals surface area contributed by atoms with Crippen molar-refractivity contribution in [2.24, 2.45) is 5.73 Å². The van der Waals surface area contributed by atoms with Gasteiger partial charge in [0.1, 0.15) is 5.69 Å². The van der Waals surface area contributed by atoms with E-state index in [0.717, 1.165) is 0 Å². The summed E-state index contributed by atoms with van der Waals surface area (Å²) in [7, 11) is 0. The lowest BCUT2D eigenvalue weighted by molar-refractivity contribution is 0.507. The molecule has 3 N–H and O–H groups in total. The maximum Gasteiger partial charge on any atom is 0.264 e. The summed E-state index contributed by atoms with van der Waals surface area (Å²) in [4.78, 5) is 13.8. The van der Waals surface area contributed by atoms with Gasteiger partial charge in [-0.25, -0.2) is 0 Å². The van der Waals surface area contributed by atoms with E-state index < -0.39 is 0 Å². The second kappa shape index (κ2) is 3.43. The molecule has 6 nitrogen and oxygen atoms in total. The standard InChI is InChI=1S/C8H8N4O2/c9-4-7-11-12-8(14-7)6-3-5(13)1-2-10-6/h1-3H,4,9H2,(H,10,13). The number of aromatic nitrogens is 3. The van der Waals surface area contributed by atoms with Crippen LogP contribution in [-0.2, 0) is 6.54 Å². The van der Waals surface area contributed by atoms with E-state index in [-0.39, 0.29) is 17.9 Å². The van der Waals surface area contributed by atoms with Crippen LogP contribution < -0.4 is 11.2 Å². The number of pyridine rings is 1. The number of aromatic amines is 1. The summed E-state index contributed by atoms with van der Waals surface area (Å²) in [5.74, 6) is 0.604. The summed E-state index contributed by atoms with van der Waals surface area (Å²) < 4.78 is 5.16. The Labute approximate surface area is 78.8 Å². The van der Waals surface area contributed by atoms with Crippen LogP contribution in [0.3, 0.4) is 0 Å². The molecule has 14 heavy (non-hydrogen) atoms. The van der Waals surface area contributed by atoms with Crippen LogP contribution in [0.1, 0.15) is 5.89 Å². The zero-order chi connectivity index (χ0) is 9.97. The van der Waals surface area contributed by atoms with Gasteiger partial charge in [-0.1, -0.05) is 0 Å². The minimum atomic E-state index is -0.119. The van der Waals surface area contributed by atoms with Crippen molar-refractivity contribution < 1.29 is 4.42 Å². The van der Waals surface area contributed by atoms with Crippen LogP contribution in [0, 0.1) is 0 Å². The van der Waals surface area contributed by atoms with E-state index in [1.165, 1.54) is 18.3 Å². The number of nitrogens with one attached hydrogen (secondary N) is 1. The molecule has 0 aliphatic rings. The monoisotopic (exact) mass is 192 g/mol. The predicted molar refractivity (Wildman–Crippen MR) is 48.2 cm³/mol. The smallest absolute Gasteiger partial charge is 0.264 e. The largest absolute Gasteiger partial charge is 0.418 e. The number of hydrogen-bond acceptors (Lipinski definition) is 5. The molecule has 2 heterocycles. The molecule has 0 saturated carbocycles. The minimum Gasteiger partial charge on any atom is -0.418 e. The Morgan fingerprint density at radius 1 is 1.50 bits per heavy atom. The lowest BCUT2D eigenvalue weighted by Gasteiger charge is -1.91. The number of nitrogens with zero attached hydrogens (tertiary/aromatic N) is 2. The van der Waals surface area contributed by atoms with Gasteiger partial charge in [-0.2, -0.15) is 0 Å². The van der Waals surface area contributed by atoms with Gasteiger partial charge in [-0.05, 0) is 0 Å². The molecule has 6 heteroatoms. The van der Waals surface area contributed by atoms with Crippen molar-refractivity contribution in [2.75, 3.05) is 0 Å². The third-order valence-corrected chi connectivity index (χ3v) is 1.64. The Morgan fingerprint density at radius 2 is 2.36 bits per heavy atom. The van der Waals surface area contributed by atoms with Crippen molar-refractivity contribution in [3.8, 4) is 11.6 Å². The van der Waals surface area contributed by atoms with Crippen LogP contribution >= 0.6 is 0 Å². The SMILES string of the molecule is NCc1nnc(-c2cc(=O)cc[nH]2)o1. The van der Waals surface area contributed by atoms with Gasteiger partial charge in [-0.3, -0.25) is 4.79 Å². The quantitative estimate of drug-likeness (QED) is 0.691. The van der Waals surface area contributed by atoms with Crippen molar-refractivity contribution in [3.63, 3.8) is 0 Å². The molecule has 0 fully saturated rings. The Kier molecular flexibility index (Phi) is 2.11. The number of nitrogens with two attached hydrogens (primary N) is 1. The summed E-state index contributed by atoms with van der Waals surface area (Å²) in [6.45, 7) is 0.185. The van der Waals surface area contributed by atoms with E-state index in [2.05, 4.69) is 15.2 Å². The van der Waals surface area contributed by atoms with Crippen LogP contribution in [0.2, 0.25) is 0 Å². The van der Waals surface area contributed by atoms with Crippen molar-refractivity contribution in [3.05, 3.63) is 34.4 Å². The Morgan fingerprint density at radius 3 is 3.00 bits per heavy atom. The normalized spacial score (nSPS) is 10.4. The van der Waals surface area contributed by atoms with E-state index in [1.807, 2.05) is 0 Å². The molecule has 0 atom stereocenters. The van der Waals surface area contributed by atoms with Crippen molar-refractivity contribution in [1.29, 1.82) is 0 Å². The van der Waals surface area contributed by atoms with Crippen LogP contribution in [0.5, 0.6) is 0 Å². The molecular formula is C8H8N4O2. The molecule has 0 spiro atoms. The van der Waals surface area contributed by atoms with Crippen LogP contribution in [0.25, 0.3) is 11.6 Å². The first kappa shape index (κ1) is 8.64. The summed E-state index contributed by atoms with van der Waals surface area (Å²) in [6, 6.07) is 2.79. The molecule has 0 radical (unpaired) electrons. The minimum absolute atomic E-state index is 0.119. The lowest BCUT2D eigenvalue weighted by Crippen LogP contribution is -1.98. The summed E-state index contributed by atoms with van der Waals surface area (Å²) in [5, 5.41) is 7.41. The lowest BCUT2D eigenvalue weighted by atomic mass is 10.3. The molecule has 0 aliphatic carbocycles. The van der Waals surface area contributed by atoms with Crippen molar-refractivity contribution >= 4 is 0 Å².